The molecule has 0 aromatic carbocycles. The first-order valence-electron chi connectivity index (χ1n) is 3.78. The van der Waals surface area contributed by atoms with Crippen molar-refractivity contribution in [2.75, 3.05) is 26.1 Å². The fourth-order valence-electron chi connectivity index (χ4n) is 0.990. The van der Waals surface area contributed by atoms with Gasteiger partial charge in [0.05, 0.1) is 12.0 Å². The number of hydrogen-bond acceptors (Lipinski definition) is 6. The normalized spacial score (nSPS) is 9.64. The summed E-state index contributed by atoms with van der Waals surface area (Å²) in [5, 5.41) is 10.7. The zero-order valence-corrected chi connectivity index (χ0v) is 8.09. The van der Waals surface area contributed by atoms with Crippen LogP contribution in [-0.2, 0) is 0 Å². The van der Waals surface area contributed by atoms with Crippen LogP contribution in [-0.4, -0.2) is 36.1 Å². The van der Waals surface area contributed by atoms with Gasteiger partial charge in [0.1, 0.15) is 6.33 Å². The molecule has 0 radical (unpaired) electrons. The lowest BCUT2D eigenvalue weighted by molar-refractivity contribution is -0.385. The van der Waals surface area contributed by atoms with Crippen molar-refractivity contribution in [1.29, 1.82) is 0 Å². The minimum absolute atomic E-state index is 0.0336. The monoisotopic (exact) mass is 198 g/mol. The summed E-state index contributed by atoms with van der Waals surface area (Å²) in [5.74, 6) is 0.190. The molecule has 0 spiro atoms. The molecule has 7 nitrogen and oxygen atoms in total. The van der Waals surface area contributed by atoms with E-state index in [9.17, 15) is 10.1 Å². The highest BCUT2D eigenvalue weighted by Crippen LogP contribution is 2.31. The Hall–Kier alpha value is -1.92. The molecule has 0 aliphatic carbocycles. The van der Waals surface area contributed by atoms with Crippen molar-refractivity contribution < 1.29 is 9.66 Å². The van der Waals surface area contributed by atoms with Crippen LogP contribution in [0, 0.1) is 10.1 Å². The first-order valence-corrected chi connectivity index (χ1v) is 3.78. The van der Waals surface area contributed by atoms with Gasteiger partial charge in [0, 0.05) is 14.1 Å². The first-order chi connectivity index (χ1) is 6.57. The highest BCUT2D eigenvalue weighted by atomic mass is 16.6. The molecule has 1 aromatic heterocycles. The van der Waals surface area contributed by atoms with Gasteiger partial charge in [-0.25, -0.2) is 4.98 Å². The van der Waals surface area contributed by atoms with Gasteiger partial charge >= 0.3 is 5.69 Å². The zero-order chi connectivity index (χ0) is 10.7. The van der Waals surface area contributed by atoms with E-state index in [0.717, 1.165) is 0 Å². The number of rotatable bonds is 3. The quantitative estimate of drug-likeness (QED) is 0.518. The van der Waals surface area contributed by atoms with Crippen LogP contribution in [0.1, 0.15) is 0 Å². The third-order valence-corrected chi connectivity index (χ3v) is 1.57. The molecule has 0 fully saturated rings. The standard InChI is InChI=1S/C7H10N4O3/c1-10(2)6-5(11(12)13)7(14-3)9-4-8-6/h4H,1-3H3. The van der Waals surface area contributed by atoms with Crippen LogP contribution in [0.2, 0.25) is 0 Å². The van der Waals surface area contributed by atoms with Crippen molar-refractivity contribution in [3.63, 3.8) is 0 Å². The van der Waals surface area contributed by atoms with Crippen LogP contribution in [0.3, 0.4) is 0 Å². The van der Waals surface area contributed by atoms with Crippen molar-refractivity contribution in [3.05, 3.63) is 16.4 Å². The van der Waals surface area contributed by atoms with E-state index in [2.05, 4.69) is 9.97 Å². The van der Waals surface area contributed by atoms with Crippen LogP contribution in [0.5, 0.6) is 5.88 Å². The van der Waals surface area contributed by atoms with E-state index in [-0.39, 0.29) is 17.4 Å². The van der Waals surface area contributed by atoms with Gasteiger partial charge in [-0.05, 0) is 0 Å². The van der Waals surface area contributed by atoms with Gasteiger partial charge in [-0.1, -0.05) is 0 Å². The van der Waals surface area contributed by atoms with Crippen LogP contribution < -0.4 is 9.64 Å². The molecule has 0 aliphatic rings. The van der Waals surface area contributed by atoms with E-state index in [1.54, 1.807) is 14.1 Å². The highest BCUT2D eigenvalue weighted by Gasteiger charge is 2.24. The molecule has 1 heterocycles. The fraction of sp³-hybridized carbons (Fsp3) is 0.429. The molecule has 0 saturated carbocycles. The number of anilines is 1. The van der Waals surface area contributed by atoms with Gasteiger partial charge in [0.2, 0.25) is 5.82 Å². The van der Waals surface area contributed by atoms with E-state index in [1.165, 1.54) is 18.3 Å². The Bertz CT molecular complexity index is 353. The molecule has 7 heteroatoms. The number of nitrogens with zero attached hydrogens (tertiary/aromatic N) is 4. The molecule has 76 valence electrons. The van der Waals surface area contributed by atoms with Gasteiger partial charge in [-0.3, -0.25) is 10.1 Å². The smallest absolute Gasteiger partial charge is 0.372 e. The predicted octanol–water partition coefficient (Wildman–Crippen LogP) is 0.459. The summed E-state index contributed by atoms with van der Waals surface area (Å²) in [4.78, 5) is 19.2. The molecule has 0 N–H and O–H groups in total. The van der Waals surface area contributed by atoms with E-state index >= 15 is 0 Å². The van der Waals surface area contributed by atoms with Gasteiger partial charge in [0.25, 0.3) is 5.88 Å². The van der Waals surface area contributed by atoms with Crippen molar-refractivity contribution in [1.82, 2.24) is 9.97 Å². The summed E-state index contributed by atoms with van der Waals surface area (Å²) in [7, 11) is 4.65. The number of hydrogen-bond donors (Lipinski definition) is 0. The Morgan fingerprint density at radius 1 is 1.50 bits per heavy atom. The molecule has 0 atom stereocenters. The number of nitro groups is 1. The fourth-order valence-corrected chi connectivity index (χ4v) is 0.990. The van der Waals surface area contributed by atoms with Crippen LogP contribution in [0.25, 0.3) is 0 Å². The molecular formula is C7H10N4O3. The SMILES string of the molecule is COc1ncnc(N(C)C)c1[N+](=O)[O-]. The summed E-state index contributed by atoms with van der Waals surface area (Å²) in [6.45, 7) is 0. The molecule has 1 rings (SSSR count). The van der Waals surface area contributed by atoms with E-state index in [1.807, 2.05) is 0 Å². The molecule has 14 heavy (non-hydrogen) atoms. The Kier molecular flexibility index (Phi) is 2.80. The topological polar surface area (TPSA) is 81.4 Å². The maximum atomic E-state index is 10.7. The van der Waals surface area contributed by atoms with E-state index in [0.29, 0.717) is 0 Å². The molecule has 0 saturated heterocycles. The molecular weight excluding hydrogens is 188 g/mol. The molecule has 0 bridgehead atoms. The third-order valence-electron chi connectivity index (χ3n) is 1.57. The number of methoxy groups -OCH3 is 1. The average Bonchev–Trinajstić information content (AvgIpc) is 2.16. The van der Waals surface area contributed by atoms with Gasteiger partial charge in [0.15, 0.2) is 0 Å². The van der Waals surface area contributed by atoms with Crippen LogP contribution >= 0.6 is 0 Å². The second-order valence-electron chi connectivity index (χ2n) is 2.71. The number of ether oxygens (including phenoxy) is 1. The molecule has 0 amide bonds. The van der Waals surface area contributed by atoms with Crippen LogP contribution in [0.4, 0.5) is 11.5 Å². The maximum absolute atomic E-state index is 10.7. The Labute approximate surface area is 80.5 Å². The summed E-state index contributed by atoms with van der Waals surface area (Å²) in [6.07, 6.45) is 1.22. The van der Waals surface area contributed by atoms with Crippen molar-refractivity contribution in [3.8, 4) is 5.88 Å². The van der Waals surface area contributed by atoms with Crippen molar-refractivity contribution in [2.24, 2.45) is 0 Å². The molecule has 1 aromatic rings. The lowest BCUT2D eigenvalue weighted by atomic mass is 10.4. The third kappa shape index (κ3) is 1.70. The Balaban J connectivity index is 3.35. The van der Waals surface area contributed by atoms with Crippen molar-refractivity contribution in [2.45, 2.75) is 0 Å². The van der Waals surface area contributed by atoms with Crippen LogP contribution in [0.15, 0.2) is 6.33 Å². The van der Waals surface area contributed by atoms with Gasteiger partial charge < -0.3 is 9.64 Å². The molecule has 0 unspecified atom stereocenters. The summed E-state index contributed by atoms with van der Waals surface area (Å²) >= 11 is 0. The second-order valence-corrected chi connectivity index (χ2v) is 2.71. The maximum Gasteiger partial charge on any atom is 0.372 e. The highest BCUT2D eigenvalue weighted by molar-refractivity contribution is 5.61. The van der Waals surface area contributed by atoms with Gasteiger partial charge in [-0.2, -0.15) is 4.98 Å². The minimum Gasteiger partial charge on any atom is -0.476 e. The molecule has 0 aliphatic heterocycles. The van der Waals surface area contributed by atoms with E-state index < -0.39 is 4.92 Å². The Morgan fingerprint density at radius 3 is 2.57 bits per heavy atom. The summed E-state index contributed by atoms with van der Waals surface area (Å²) in [6, 6.07) is 0. The largest absolute Gasteiger partial charge is 0.476 e. The average molecular weight is 198 g/mol. The zero-order valence-electron chi connectivity index (χ0n) is 8.09. The van der Waals surface area contributed by atoms with E-state index in [4.69, 9.17) is 4.74 Å². The lowest BCUT2D eigenvalue weighted by Gasteiger charge is -2.11. The summed E-state index contributed by atoms with van der Waals surface area (Å²) < 4.78 is 4.78. The van der Waals surface area contributed by atoms with Gasteiger partial charge in [-0.15, -0.1) is 0 Å². The van der Waals surface area contributed by atoms with Crippen molar-refractivity contribution >= 4 is 11.5 Å². The number of aromatic nitrogens is 2. The lowest BCUT2D eigenvalue weighted by Crippen LogP contribution is -2.14. The Morgan fingerprint density at radius 2 is 2.14 bits per heavy atom. The summed E-state index contributed by atoms with van der Waals surface area (Å²) in [5.41, 5.74) is -0.222. The minimum atomic E-state index is -0.561. The first kappa shape index (κ1) is 10.2. The second kappa shape index (κ2) is 3.86. The predicted molar refractivity (Wildman–Crippen MR) is 49.6 cm³/mol.